The highest BCUT2D eigenvalue weighted by Gasteiger charge is 2.20. The normalized spacial score (nSPS) is 14.2. The van der Waals surface area contributed by atoms with E-state index >= 15 is 0 Å². The fourth-order valence-corrected chi connectivity index (χ4v) is 2.16. The van der Waals surface area contributed by atoms with E-state index in [1.807, 2.05) is 24.3 Å². The van der Waals surface area contributed by atoms with Crippen LogP contribution in [0.25, 0.3) is 0 Å². The molecule has 2 rings (SSSR count). The second-order valence-electron chi connectivity index (χ2n) is 4.73. The van der Waals surface area contributed by atoms with Crippen LogP contribution in [-0.2, 0) is 4.74 Å². The fourth-order valence-electron chi connectivity index (χ4n) is 1.64. The first kappa shape index (κ1) is 14.6. The van der Waals surface area contributed by atoms with E-state index in [0.717, 1.165) is 34.8 Å². The van der Waals surface area contributed by atoms with E-state index in [9.17, 15) is 4.79 Å². The molecule has 1 aliphatic carbocycles. The molecule has 0 aliphatic heterocycles. The Bertz CT molecular complexity index is 422. The van der Waals surface area contributed by atoms with Crippen molar-refractivity contribution in [1.29, 1.82) is 0 Å². The highest BCUT2D eigenvalue weighted by molar-refractivity contribution is 14.1. The number of hydrogen-bond donors (Lipinski definition) is 2. The van der Waals surface area contributed by atoms with E-state index in [2.05, 4.69) is 33.2 Å². The largest absolute Gasteiger partial charge is 0.381 e. The molecule has 0 heterocycles. The maximum atomic E-state index is 11.6. The van der Waals surface area contributed by atoms with Gasteiger partial charge in [-0.15, -0.1) is 0 Å². The summed E-state index contributed by atoms with van der Waals surface area (Å²) in [6, 6.07) is 7.54. The number of hydrogen-bond acceptors (Lipinski definition) is 2. The average Bonchev–Trinajstić information content (AvgIpc) is 3.20. The highest BCUT2D eigenvalue weighted by Crippen LogP contribution is 2.28. The Morgan fingerprint density at radius 1 is 1.37 bits per heavy atom. The molecule has 1 saturated carbocycles. The van der Waals surface area contributed by atoms with Crippen LogP contribution in [0.15, 0.2) is 24.3 Å². The quantitative estimate of drug-likeness (QED) is 0.569. The van der Waals surface area contributed by atoms with Crippen LogP contribution < -0.4 is 10.6 Å². The van der Waals surface area contributed by atoms with Gasteiger partial charge >= 0.3 is 6.03 Å². The Morgan fingerprint density at radius 2 is 2.16 bits per heavy atom. The first-order valence-electron chi connectivity index (χ1n) is 6.63. The fraction of sp³-hybridized carbons (Fsp3) is 0.500. The first-order chi connectivity index (χ1) is 9.25. The molecule has 0 atom stereocenters. The predicted molar refractivity (Wildman–Crippen MR) is 84.3 cm³/mol. The van der Waals surface area contributed by atoms with Crippen LogP contribution in [0.3, 0.4) is 0 Å². The molecule has 4 nitrogen and oxygen atoms in total. The number of amides is 2. The molecule has 0 aromatic heterocycles. The smallest absolute Gasteiger partial charge is 0.319 e. The zero-order valence-electron chi connectivity index (χ0n) is 10.8. The SMILES string of the molecule is O=C(NCCCOCC1CC1)Nc1ccccc1I. The van der Waals surface area contributed by atoms with Crippen molar-refractivity contribution < 1.29 is 9.53 Å². The van der Waals surface area contributed by atoms with Gasteiger partial charge in [0.05, 0.1) is 5.69 Å². The van der Waals surface area contributed by atoms with Crippen molar-refractivity contribution in [1.82, 2.24) is 5.32 Å². The number of carbonyl (C=O) groups is 1. The number of para-hydroxylation sites is 1. The standard InChI is InChI=1S/C14H19IN2O2/c15-12-4-1-2-5-13(12)17-14(18)16-8-3-9-19-10-11-6-7-11/h1-2,4-5,11H,3,6-10H2,(H2,16,17,18). The van der Waals surface area contributed by atoms with Gasteiger partial charge < -0.3 is 15.4 Å². The number of nitrogens with one attached hydrogen (secondary N) is 2. The van der Waals surface area contributed by atoms with Crippen molar-refractivity contribution in [2.24, 2.45) is 5.92 Å². The van der Waals surface area contributed by atoms with Crippen molar-refractivity contribution in [3.05, 3.63) is 27.8 Å². The molecule has 2 N–H and O–H groups in total. The predicted octanol–water partition coefficient (Wildman–Crippen LogP) is 3.23. The van der Waals surface area contributed by atoms with Crippen LogP contribution >= 0.6 is 22.6 Å². The molecule has 1 aromatic carbocycles. The zero-order chi connectivity index (χ0) is 13.5. The van der Waals surface area contributed by atoms with Gasteiger partial charge in [-0.3, -0.25) is 0 Å². The molecule has 5 heteroatoms. The lowest BCUT2D eigenvalue weighted by Crippen LogP contribution is -2.30. The Morgan fingerprint density at radius 3 is 2.89 bits per heavy atom. The van der Waals surface area contributed by atoms with Gasteiger partial charge in [-0.1, -0.05) is 12.1 Å². The summed E-state index contributed by atoms with van der Waals surface area (Å²) < 4.78 is 6.53. The molecule has 19 heavy (non-hydrogen) atoms. The third kappa shape index (κ3) is 5.78. The Kier molecular flexibility index (Phi) is 5.91. The van der Waals surface area contributed by atoms with Crippen molar-refractivity contribution in [2.45, 2.75) is 19.3 Å². The van der Waals surface area contributed by atoms with Gasteiger partial charge in [0.15, 0.2) is 0 Å². The molecule has 0 radical (unpaired) electrons. The van der Waals surface area contributed by atoms with E-state index in [-0.39, 0.29) is 6.03 Å². The number of halogens is 1. The number of anilines is 1. The second-order valence-corrected chi connectivity index (χ2v) is 5.89. The lowest BCUT2D eigenvalue weighted by atomic mass is 10.3. The third-order valence-corrected chi connectivity index (χ3v) is 3.86. The van der Waals surface area contributed by atoms with E-state index < -0.39 is 0 Å². The summed E-state index contributed by atoms with van der Waals surface area (Å²) in [4.78, 5) is 11.6. The average molecular weight is 374 g/mol. The number of urea groups is 1. The number of ether oxygens (including phenoxy) is 1. The molecular formula is C14H19IN2O2. The monoisotopic (exact) mass is 374 g/mol. The van der Waals surface area contributed by atoms with Gasteiger partial charge in [0.25, 0.3) is 0 Å². The van der Waals surface area contributed by atoms with Crippen LogP contribution in [0.1, 0.15) is 19.3 Å². The van der Waals surface area contributed by atoms with Gasteiger partial charge in [0.2, 0.25) is 0 Å². The van der Waals surface area contributed by atoms with Gasteiger partial charge in [0, 0.05) is 23.3 Å². The summed E-state index contributed by atoms with van der Waals surface area (Å²) >= 11 is 2.20. The summed E-state index contributed by atoms with van der Waals surface area (Å²) in [5, 5.41) is 5.66. The van der Waals surface area contributed by atoms with Gasteiger partial charge in [-0.05, 0) is 59.9 Å². The molecule has 1 aliphatic rings. The summed E-state index contributed by atoms with van der Waals surface area (Å²) in [6.07, 6.45) is 3.48. The van der Waals surface area contributed by atoms with Crippen LogP contribution in [0, 0.1) is 9.49 Å². The molecular weight excluding hydrogens is 355 g/mol. The Hall–Kier alpha value is -0.820. The number of rotatable bonds is 7. The second kappa shape index (κ2) is 7.69. The minimum absolute atomic E-state index is 0.161. The van der Waals surface area contributed by atoms with Gasteiger partial charge in [0.1, 0.15) is 0 Å². The third-order valence-electron chi connectivity index (χ3n) is 2.92. The minimum Gasteiger partial charge on any atom is -0.381 e. The Balaban J connectivity index is 1.55. The van der Waals surface area contributed by atoms with Crippen LogP contribution in [0.4, 0.5) is 10.5 Å². The summed E-state index contributed by atoms with van der Waals surface area (Å²) in [5.41, 5.74) is 0.839. The van der Waals surface area contributed by atoms with Crippen LogP contribution in [0.2, 0.25) is 0 Å². The topological polar surface area (TPSA) is 50.4 Å². The van der Waals surface area contributed by atoms with Crippen molar-refractivity contribution in [3.63, 3.8) is 0 Å². The molecule has 1 fully saturated rings. The minimum atomic E-state index is -0.161. The molecule has 2 amide bonds. The van der Waals surface area contributed by atoms with Crippen molar-refractivity contribution in [2.75, 3.05) is 25.1 Å². The first-order valence-corrected chi connectivity index (χ1v) is 7.70. The van der Waals surface area contributed by atoms with Gasteiger partial charge in [-0.25, -0.2) is 4.79 Å². The lowest BCUT2D eigenvalue weighted by molar-refractivity contribution is 0.122. The van der Waals surface area contributed by atoms with E-state index in [1.165, 1.54) is 12.8 Å². The Labute approximate surface area is 127 Å². The molecule has 0 spiro atoms. The maximum Gasteiger partial charge on any atom is 0.319 e. The summed E-state index contributed by atoms with van der Waals surface area (Å²) in [5.74, 6) is 0.802. The maximum absolute atomic E-state index is 11.6. The molecule has 0 bridgehead atoms. The van der Waals surface area contributed by atoms with E-state index in [0.29, 0.717) is 6.54 Å². The van der Waals surface area contributed by atoms with Gasteiger partial charge in [-0.2, -0.15) is 0 Å². The van der Waals surface area contributed by atoms with Crippen molar-refractivity contribution >= 4 is 34.3 Å². The van der Waals surface area contributed by atoms with Crippen LogP contribution in [0.5, 0.6) is 0 Å². The number of benzene rings is 1. The molecule has 0 saturated heterocycles. The van der Waals surface area contributed by atoms with E-state index in [4.69, 9.17) is 4.74 Å². The summed E-state index contributed by atoms with van der Waals surface area (Å²) in [7, 11) is 0. The lowest BCUT2D eigenvalue weighted by Gasteiger charge is -2.09. The summed E-state index contributed by atoms with van der Waals surface area (Å²) in [6.45, 7) is 2.24. The number of carbonyl (C=O) groups excluding carboxylic acids is 1. The zero-order valence-corrected chi connectivity index (χ0v) is 13.0. The van der Waals surface area contributed by atoms with Crippen molar-refractivity contribution in [3.8, 4) is 0 Å². The van der Waals surface area contributed by atoms with Crippen LogP contribution in [-0.4, -0.2) is 25.8 Å². The van der Waals surface area contributed by atoms with E-state index in [1.54, 1.807) is 0 Å². The molecule has 0 unspecified atom stereocenters. The molecule has 104 valence electrons. The molecule has 1 aromatic rings. The highest BCUT2D eigenvalue weighted by atomic mass is 127.